The minimum atomic E-state index is -0.666. The summed E-state index contributed by atoms with van der Waals surface area (Å²) >= 11 is 3.32. The highest BCUT2D eigenvalue weighted by Crippen LogP contribution is 2.23. The van der Waals surface area contributed by atoms with Crippen molar-refractivity contribution < 1.29 is 9.53 Å². The number of nitrogens with zero attached hydrogens (tertiary/aromatic N) is 3. The lowest BCUT2D eigenvalue weighted by Crippen LogP contribution is -2.07. The summed E-state index contributed by atoms with van der Waals surface area (Å²) in [5.74, 6) is 0.352. The summed E-state index contributed by atoms with van der Waals surface area (Å²) in [4.78, 5) is 10.3. The number of H-pyrrole nitrogens is 1. The van der Waals surface area contributed by atoms with Gasteiger partial charge >= 0.3 is 6.47 Å². The first-order valence-corrected chi connectivity index (χ1v) is 5.12. The summed E-state index contributed by atoms with van der Waals surface area (Å²) in [6, 6.07) is 7.27. The Labute approximate surface area is 99.1 Å². The molecule has 1 heterocycles. The van der Waals surface area contributed by atoms with Crippen molar-refractivity contribution in [3.63, 3.8) is 0 Å². The Morgan fingerprint density at radius 2 is 2.12 bits per heavy atom. The van der Waals surface area contributed by atoms with E-state index in [1.54, 1.807) is 12.1 Å². The van der Waals surface area contributed by atoms with Gasteiger partial charge in [-0.2, -0.15) is 0 Å². The third-order valence-corrected chi connectivity index (χ3v) is 2.48. The van der Waals surface area contributed by atoms with Gasteiger partial charge in [0.25, 0.3) is 0 Å². The van der Waals surface area contributed by atoms with Crippen molar-refractivity contribution in [2.45, 2.75) is 6.10 Å². The second-order valence-electron chi connectivity index (χ2n) is 2.92. The number of hydrogen-bond acceptors (Lipinski definition) is 5. The summed E-state index contributed by atoms with van der Waals surface area (Å²) in [5, 5.41) is 13.1. The van der Waals surface area contributed by atoms with E-state index in [0.717, 1.165) is 10.0 Å². The van der Waals surface area contributed by atoms with E-state index in [1.165, 1.54) is 6.47 Å². The van der Waals surface area contributed by atoms with Crippen LogP contribution in [0.3, 0.4) is 0 Å². The molecule has 1 aromatic heterocycles. The van der Waals surface area contributed by atoms with Gasteiger partial charge < -0.3 is 4.74 Å². The number of ether oxygens (including phenoxy) is 1. The largest absolute Gasteiger partial charge is 0.441 e. The van der Waals surface area contributed by atoms with Gasteiger partial charge in [-0.1, -0.05) is 28.1 Å². The number of carbonyl (C=O) groups excluding carboxylic acids is 1. The van der Waals surface area contributed by atoms with Gasteiger partial charge in [-0.15, -0.1) is 5.10 Å². The summed E-state index contributed by atoms with van der Waals surface area (Å²) in [7, 11) is 0. The Morgan fingerprint density at radius 1 is 1.38 bits per heavy atom. The molecular formula is C9H6BrN4O2. The van der Waals surface area contributed by atoms with E-state index < -0.39 is 6.10 Å². The van der Waals surface area contributed by atoms with Crippen LogP contribution in [0.4, 0.5) is 0 Å². The zero-order chi connectivity index (χ0) is 11.4. The number of hydrogen-bond donors (Lipinski definition) is 1. The van der Waals surface area contributed by atoms with E-state index in [1.807, 2.05) is 12.1 Å². The van der Waals surface area contributed by atoms with Crippen molar-refractivity contribution in [3.8, 4) is 0 Å². The zero-order valence-electron chi connectivity index (χ0n) is 7.92. The van der Waals surface area contributed by atoms with Crippen molar-refractivity contribution in [1.82, 2.24) is 20.6 Å². The number of benzene rings is 1. The molecule has 6 nitrogen and oxygen atoms in total. The van der Waals surface area contributed by atoms with E-state index in [-0.39, 0.29) is 0 Å². The smallest absolute Gasteiger partial charge is 0.418 e. The molecule has 1 N–H and O–H groups in total. The average molecular weight is 282 g/mol. The molecule has 1 aromatic carbocycles. The normalized spacial score (nSPS) is 12.1. The maximum absolute atomic E-state index is 10.3. The van der Waals surface area contributed by atoms with Gasteiger partial charge in [0.1, 0.15) is 0 Å². The van der Waals surface area contributed by atoms with Crippen LogP contribution in [0.2, 0.25) is 0 Å². The Bertz CT molecular complexity index is 457. The first kappa shape index (κ1) is 10.7. The van der Waals surface area contributed by atoms with Gasteiger partial charge in [-0.25, -0.2) is 9.89 Å². The molecule has 2 rings (SSSR count). The third-order valence-electron chi connectivity index (χ3n) is 1.95. The van der Waals surface area contributed by atoms with Crippen molar-refractivity contribution in [2.24, 2.45) is 0 Å². The Morgan fingerprint density at radius 3 is 2.69 bits per heavy atom. The maximum Gasteiger partial charge on any atom is 0.418 e. The highest BCUT2D eigenvalue weighted by molar-refractivity contribution is 9.10. The second-order valence-corrected chi connectivity index (χ2v) is 3.83. The van der Waals surface area contributed by atoms with E-state index in [9.17, 15) is 4.79 Å². The molecule has 0 saturated heterocycles. The summed E-state index contributed by atoms with van der Waals surface area (Å²) in [5.41, 5.74) is 0.755. The number of aromatic nitrogens is 4. The molecule has 81 valence electrons. The predicted octanol–water partition coefficient (Wildman–Crippen LogP) is 1.14. The molecule has 0 saturated carbocycles. The van der Waals surface area contributed by atoms with Gasteiger partial charge in [0.2, 0.25) is 0 Å². The molecule has 0 amide bonds. The molecule has 0 aliphatic heterocycles. The quantitative estimate of drug-likeness (QED) is 0.909. The highest BCUT2D eigenvalue weighted by Gasteiger charge is 2.19. The molecule has 1 unspecified atom stereocenters. The van der Waals surface area contributed by atoms with Crippen LogP contribution in [0.1, 0.15) is 17.5 Å². The Kier molecular flexibility index (Phi) is 3.25. The maximum atomic E-state index is 10.3. The van der Waals surface area contributed by atoms with E-state index in [0.29, 0.717) is 5.82 Å². The Hall–Kier alpha value is -1.76. The number of rotatable bonds is 4. The number of halogens is 1. The van der Waals surface area contributed by atoms with Crippen LogP contribution in [-0.2, 0) is 9.53 Å². The van der Waals surface area contributed by atoms with Crippen LogP contribution >= 0.6 is 15.9 Å². The standard InChI is InChI=1S/C9H6BrN4O2/c10-7-3-1-6(2-4-7)8(16-5-15)9-11-13-14-12-9/h1-4,8H,(H,11,12,13,14). The van der Waals surface area contributed by atoms with Gasteiger partial charge in [0.05, 0.1) is 0 Å². The number of nitrogens with one attached hydrogen (secondary N) is 1. The van der Waals surface area contributed by atoms with Crippen molar-refractivity contribution in [1.29, 1.82) is 0 Å². The lowest BCUT2D eigenvalue weighted by atomic mass is 10.1. The van der Waals surface area contributed by atoms with Crippen LogP contribution in [-0.4, -0.2) is 27.1 Å². The van der Waals surface area contributed by atoms with Crippen molar-refractivity contribution >= 4 is 22.4 Å². The minimum absolute atomic E-state index is 0.352. The Balaban J connectivity index is 2.32. The summed E-state index contributed by atoms with van der Waals surface area (Å²) in [6.45, 7) is 1.39. The summed E-state index contributed by atoms with van der Waals surface area (Å²) < 4.78 is 5.75. The molecule has 0 aliphatic carbocycles. The second kappa shape index (κ2) is 4.84. The molecule has 0 spiro atoms. The van der Waals surface area contributed by atoms with Crippen LogP contribution in [0.15, 0.2) is 28.7 Å². The van der Waals surface area contributed by atoms with Crippen LogP contribution in [0.5, 0.6) is 0 Å². The van der Waals surface area contributed by atoms with Crippen LogP contribution in [0.25, 0.3) is 0 Å². The number of tetrazole rings is 1. The summed E-state index contributed by atoms with van der Waals surface area (Å²) in [6.07, 6.45) is -0.666. The van der Waals surface area contributed by atoms with E-state index in [2.05, 4.69) is 36.6 Å². The van der Waals surface area contributed by atoms with Crippen LogP contribution in [0, 0.1) is 0 Å². The highest BCUT2D eigenvalue weighted by atomic mass is 79.9. The minimum Gasteiger partial charge on any atom is -0.441 e. The lowest BCUT2D eigenvalue weighted by Gasteiger charge is -2.10. The number of aromatic amines is 1. The predicted molar refractivity (Wildman–Crippen MR) is 56.9 cm³/mol. The molecule has 2 aromatic rings. The zero-order valence-corrected chi connectivity index (χ0v) is 9.51. The fourth-order valence-electron chi connectivity index (χ4n) is 1.24. The SMILES string of the molecule is O=[C]OC(c1ccc(Br)cc1)c1nnn[nH]1. The van der Waals surface area contributed by atoms with Crippen LogP contribution < -0.4 is 0 Å². The fourth-order valence-corrected chi connectivity index (χ4v) is 1.51. The van der Waals surface area contributed by atoms with Crippen molar-refractivity contribution in [2.75, 3.05) is 0 Å². The molecule has 16 heavy (non-hydrogen) atoms. The first-order chi connectivity index (χ1) is 7.81. The van der Waals surface area contributed by atoms with E-state index >= 15 is 0 Å². The molecule has 0 bridgehead atoms. The first-order valence-electron chi connectivity index (χ1n) is 4.33. The van der Waals surface area contributed by atoms with Gasteiger partial charge in [0, 0.05) is 10.0 Å². The molecule has 0 fully saturated rings. The van der Waals surface area contributed by atoms with Gasteiger partial charge in [0.15, 0.2) is 11.9 Å². The molecule has 1 radical (unpaired) electrons. The fraction of sp³-hybridized carbons (Fsp3) is 0.111. The average Bonchev–Trinajstić information content (AvgIpc) is 2.81. The monoisotopic (exact) mass is 281 g/mol. The van der Waals surface area contributed by atoms with Crippen molar-refractivity contribution in [3.05, 3.63) is 40.1 Å². The molecular weight excluding hydrogens is 276 g/mol. The van der Waals surface area contributed by atoms with E-state index in [4.69, 9.17) is 4.74 Å². The molecule has 7 heteroatoms. The lowest BCUT2D eigenvalue weighted by molar-refractivity contribution is 0.207. The third kappa shape index (κ3) is 2.25. The van der Waals surface area contributed by atoms with Gasteiger partial charge in [-0.05, 0) is 22.6 Å². The van der Waals surface area contributed by atoms with Gasteiger partial charge in [-0.3, -0.25) is 0 Å². The molecule has 0 aliphatic rings. The molecule has 1 atom stereocenters. The topological polar surface area (TPSA) is 80.8 Å².